The van der Waals surface area contributed by atoms with E-state index in [4.69, 9.17) is 4.74 Å². The monoisotopic (exact) mass is 180 g/mol. The molecule has 0 fully saturated rings. The van der Waals surface area contributed by atoms with Crippen molar-refractivity contribution in [2.75, 3.05) is 13.2 Å². The van der Waals surface area contributed by atoms with Crippen molar-refractivity contribution >= 4 is 0 Å². The second kappa shape index (κ2) is 4.87. The third kappa shape index (κ3) is 3.07. The van der Waals surface area contributed by atoms with Crippen LogP contribution in [-0.2, 0) is 11.2 Å². The van der Waals surface area contributed by atoms with Crippen LogP contribution >= 0.6 is 0 Å². The summed E-state index contributed by atoms with van der Waals surface area (Å²) in [5.41, 5.74) is 2.14. The Morgan fingerprint density at radius 2 is 2.15 bits per heavy atom. The molecule has 0 saturated heterocycles. The van der Waals surface area contributed by atoms with Gasteiger partial charge in [0.05, 0.1) is 6.61 Å². The molecule has 1 aromatic carbocycles. The van der Waals surface area contributed by atoms with Gasteiger partial charge in [0.1, 0.15) is 5.75 Å². The van der Waals surface area contributed by atoms with E-state index >= 15 is 0 Å². The molecule has 0 aliphatic carbocycles. The Balaban J connectivity index is 2.59. The summed E-state index contributed by atoms with van der Waals surface area (Å²) in [6, 6.07) is 5.63. The topological polar surface area (TPSA) is 29.5 Å². The first-order valence-corrected chi connectivity index (χ1v) is 4.60. The van der Waals surface area contributed by atoms with Crippen molar-refractivity contribution in [3.63, 3.8) is 0 Å². The third-order valence-electron chi connectivity index (χ3n) is 1.95. The van der Waals surface area contributed by atoms with E-state index in [1.54, 1.807) is 6.07 Å². The summed E-state index contributed by atoms with van der Waals surface area (Å²) >= 11 is 0. The van der Waals surface area contributed by atoms with Crippen LogP contribution in [0.4, 0.5) is 0 Å². The highest BCUT2D eigenvalue weighted by Crippen LogP contribution is 2.18. The zero-order valence-electron chi connectivity index (χ0n) is 8.21. The number of phenolic OH excluding ortho intramolecular Hbond substituents is 1. The largest absolute Gasteiger partial charge is 0.508 e. The highest BCUT2D eigenvalue weighted by atomic mass is 16.5. The van der Waals surface area contributed by atoms with E-state index in [9.17, 15) is 5.11 Å². The van der Waals surface area contributed by atoms with Gasteiger partial charge in [-0.1, -0.05) is 17.7 Å². The quantitative estimate of drug-likeness (QED) is 0.720. The number of aryl methyl sites for hydroxylation is 1. The zero-order chi connectivity index (χ0) is 9.68. The molecule has 0 radical (unpaired) electrons. The molecule has 0 aromatic heterocycles. The molecule has 0 atom stereocenters. The van der Waals surface area contributed by atoms with E-state index in [0.29, 0.717) is 12.4 Å². The lowest BCUT2D eigenvalue weighted by molar-refractivity contribution is 0.150. The lowest BCUT2D eigenvalue weighted by Crippen LogP contribution is -1.98. The van der Waals surface area contributed by atoms with E-state index in [2.05, 4.69) is 0 Å². The lowest BCUT2D eigenvalue weighted by atomic mass is 10.1. The number of aromatic hydroxyl groups is 1. The van der Waals surface area contributed by atoms with Crippen LogP contribution in [0.3, 0.4) is 0 Å². The fraction of sp³-hybridized carbons (Fsp3) is 0.455. The third-order valence-corrected chi connectivity index (χ3v) is 1.95. The number of benzene rings is 1. The minimum absolute atomic E-state index is 0.366. The predicted molar refractivity (Wildman–Crippen MR) is 53.0 cm³/mol. The summed E-state index contributed by atoms with van der Waals surface area (Å²) in [6.45, 7) is 5.39. The Hall–Kier alpha value is -1.02. The summed E-state index contributed by atoms with van der Waals surface area (Å²) in [4.78, 5) is 0. The van der Waals surface area contributed by atoms with Crippen molar-refractivity contribution in [1.29, 1.82) is 0 Å². The van der Waals surface area contributed by atoms with Gasteiger partial charge in [-0.25, -0.2) is 0 Å². The number of rotatable bonds is 4. The minimum Gasteiger partial charge on any atom is -0.508 e. The zero-order valence-corrected chi connectivity index (χ0v) is 8.21. The molecule has 0 saturated carbocycles. The van der Waals surface area contributed by atoms with E-state index < -0.39 is 0 Å². The molecule has 0 unspecified atom stereocenters. The first-order chi connectivity index (χ1) is 6.24. The summed E-state index contributed by atoms with van der Waals surface area (Å²) in [5.74, 6) is 0.366. The molecule has 0 bridgehead atoms. The fourth-order valence-electron chi connectivity index (χ4n) is 1.24. The van der Waals surface area contributed by atoms with Gasteiger partial charge in [0, 0.05) is 6.61 Å². The molecule has 1 aromatic rings. The Morgan fingerprint density at radius 3 is 2.85 bits per heavy atom. The van der Waals surface area contributed by atoms with Crippen molar-refractivity contribution in [1.82, 2.24) is 0 Å². The molecule has 2 nitrogen and oxygen atoms in total. The lowest BCUT2D eigenvalue weighted by Gasteiger charge is -2.05. The molecule has 2 heteroatoms. The number of phenols is 1. The van der Waals surface area contributed by atoms with Crippen molar-refractivity contribution in [2.24, 2.45) is 0 Å². The fourth-order valence-corrected chi connectivity index (χ4v) is 1.24. The minimum atomic E-state index is 0.366. The smallest absolute Gasteiger partial charge is 0.118 e. The van der Waals surface area contributed by atoms with Gasteiger partial charge in [-0.3, -0.25) is 0 Å². The molecule has 72 valence electrons. The van der Waals surface area contributed by atoms with E-state index in [1.807, 2.05) is 26.0 Å². The number of hydrogen-bond acceptors (Lipinski definition) is 2. The summed E-state index contributed by atoms with van der Waals surface area (Å²) in [5, 5.41) is 9.48. The first kappa shape index (κ1) is 10.1. The van der Waals surface area contributed by atoms with Crippen LogP contribution < -0.4 is 0 Å². The van der Waals surface area contributed by atoms with Crippen LogP contribution in [0.2, 0.25) is 0 Å². The summed E-state index contributed by atoms with van der Waals surface area (Å²) in [7, 11) is 0. The highest BCUT2D eigenvalue weighted by molar-refractivity contribution is 5.35. The van der Waals surface area contributed by atoms with E-state index in [0.717, 1.165) is 18.6 Å². The maximum absolute atomic E-state index is 9.48. The van der Waals surface area contributed by atoms with Crippen molar-refractivity contribution in [2.45, 2.75) is 20.3 Å². The van der Waals surface area contributed by atoms with E-state index in [1.165, 1.54) is 5.56 Å². The Labute approximate surface area is 79.2 Å². The average molecular weight is 180 g/mol. The normalized spacial score (nSPS) is 10.3. The predicted octanol–water partition coefficient (Wildman–Crippen LogP) is 2.28. The second-order valence-corrected chi connectivity index (χ2v) is 3.08. The van der Waals surface area contributed by atoms with Gasteiger partial charge >= 0.3 is 0 Å². The molecule has 0 aliphatic heterocycles. The molecule has 1 rings (SSSR count). The second-order valence-electron chi connectivity index (χ2n) is 3.08. The average Bonchev–Trinajstić information content (AvgIpc) is 2.11. The van der Waals surface area contributed by atoms with Crippen LogP contribution in [0, 0.1) is 6.92 Å². The van der Waals surface area contributed by atoms with Crippen molar-refractivity contribution < 1.29 is 9.84 Å². The molecule has 1 N–H and O–H groups in total. The van der Waals surface area contributed by atoms with Crippen LogP contribution in [0.5, 0.6) is 5.75 Å². The van der Waals surface area contributed by atoms with E-state index in [-0.39, 0.29) is 0 Å². The van der Waals surface area contributed by atoms with Gasteiger partial charge in [-0.15, -0.1) is 0 Å². The molecule has 13 heavy (non-hydrogen) atoms. The van der Waals surface area contributed by atoms with Gasteiger partial charge in [0.25, 0.3) is 0 Å². The Bertz CT molecular complexity index is 269. The Kier molecular flexibility index (Phi) is 3.77. The SMILES string of the molecule is CCOCCc1cc(C)ccc1O. The summed E-state index contributed by atoms with van der Waals surface area (Å²) < 4.78 is 5.22. The van der Waals surface area contributed by atoms with Gasteiger partial charge < -0.3 is 9.84 Å². The van der Waals surface area contributed by atoms with Crippen LogP contribution in [0.1, 0.15) is 18.1 Å². The maximum Gasteiger partial charge on any atom is 0.118 e. The molecular formula is C11H16O2. The van der Waals surface area contributed by atoms with Gasteiger partial charge in [0.2, 0.25) is 0 Å². The Morgan fingerprint density at radius 1 is 1.38 bits per heavy atom. The van der Waals surface area contributed by atoms with Gasteiger partial charge in [0.15, 0.2) is 0 Å². The van der Waals surface area contributed by atoms with Gasteiger partial charge in [-0.05, 0) is 31.9 Å². The summed E-state index contributed by atoms with van der Waals surface area (Å²) in [6.07, 6.45) is 0.779. The molecule has 0 amide bonds. The molecular weight excluding hydrogens is 164 g/mol. The number of ether oxygens (including phenoxy) is 1. The first-order valence-electron chi connectivity index (χ1n) is 4.60. The van der Waals surface area contributed by atoms with Crippen LogP contribution in [0.15, 0.2) is 18.2 Å². The highest BCUT2D eigenvalue weighted by Gasteiger charge is 2.00. The molecule has 0 spiro atoms. The van der Waals surface area contributed by atoms with Crippen molar-refractivity contribution in [3.05, 3.63) is 29.3 Å². The van der Waals surface area contributed by atoms with Crippen LogP contribution in [0.25, 0.3) is 0 Å². The molecule has 0 aliphatic rings. The van der Waals surface area contributed by atoms with Gasteiger partial charge in [-0.2, -0.15) is 0 Å². The standard InChI is InChI=1S/C11H16O2/c1-3-13-7-6-10-8-9(2)4-5-11(10)12/h4-5,8,12H,3,6-7H2,1-2H3. The van der Waals surface area contributed by atoms with Crippen molar-refractivity contribution in [3.8, 4) is 5.75 Å². The van der Waals surface area contributed by atoms with Crippen LogP contribution in [-0.4, -0.2) is 18.3 Å². The number of hydrogen-bond donors (Lipinski definition) is 1. The molecule has 0 heterocycles. The maximum atomic E-state index is 9.48.